The number of piperidine rings is 1. The molecule has 1 fully saturated rings. The molecule has 0 bridgehead atoms. The molecule has 0 saturated carbocycles. The summed E-state index contributed by atoms with van der Waals surface area (Å²) in [4.78, 5) is 25.6. The van der Waals surface area contributed by atoms with Gasteiger partial charge in [0.25, 0.3) is 5.56 Å². The zero-order valence-corrected chi connectivity index (χ0v) is 11.7. The fourth-order valence-electron chi connectivity index (χ4n) is 2.95. The van der Waals surface area contributed by atoms with E-state index in [9.17, 15) is 4.79 Å². The van der Waals surface area contributed by atoms with Crippen molar-refractivity contribution in [3.05, 3.63) is 21.6 Å². The minimum absolute atomic E-state index is 0.0557. The summed E-state index contributed by atoms with van der Waals surface area (Å²) in [5.74, 6) is 0.808. The molecule has 20 heavy (non-hydrogen) atoms. The second-order valence-electron chi connectivity index (χ2n) is 5.54. The number of fused-ring (bicyclic) bond motifs is 1. The number of rotatable bonds is 1. The predicted molar refractivity (Wildman–Crippen MR) is 78.2 cm³/mol. The largest absolute Gasteiger partial charge is 0.369 e. The first-order valence-electron chi connectivity index (χ1n) is 7.45. The van der Waals surface area contributed by atoms with Gasteiger partial charge in [-0.05, 0) is 44.9 Å². The third-order valence-electron chi connectivity index (χ3n) is 4.08. The number of nitrogens with zero attached hydrogens (tertiary/aromatic N) is 3. The highest BCUT2D eigenvalue weighted by atomic mass is 16.1. The molecule has 0 atom stereocenters. The maximum Gasteiger partial charge on any atom is 0.255 e. The number of aromatic amines is 1. The van der Waals surface area contributed by atoms with Gasteiger partial charge in [0.1, 0.15) is 0 Å². The van der Waals surface area contributed by atoms with Gasteiger partial charge in [0.05, 0.1) is 5.69 Å². The van der Waals surface area contributed by atoms with E-state index in [0.717, 1.165) is 62.9 Å². The van der Waals surface area contributed by atoms with Crippen LogP contribution in [-0.4, -0.2) is 33.9 Å². The van der Waals surface area contributed by atoms with Crippen LogP contribution in [0.15, 0.2) is 9.79 Å². The smallest absolute Gasteiger partial charge is 0.255 e. The van der Waals surface area contributed by atoms with E-state index < -0.39 is 0 Å². The Bertz CT molecular complexity index is 571. The summed E-state index contributed by atoms with van der Waals surface area (Å²) in [7, 11) is 0. The number of nitrogens with one attached hydrogen (secondary N) is 1. The van der Waals surface area contributed by atoms with Crippen LogP contribution in [0.2, 0.25) is 0 Å². The number of hydrogen-bond donors (Lipinski definition) is 2. The molecule has 108 valence electrons. The Balaban J connectivity index is 1.86. The molecule has 0 aromatic carbocycles. The van der Waals surface area contributed by atoms with Gasteiger partial charge in [0.2, 0.25) is 5.95 Å². The van der Waals surface area contributed by atoms with E-state index in [-0.39, 0.29) is 5.56 Å². The molecule has 0 amide bonds. The van der Waals surface area contributed by atoms with Crippen LogP contribution >= 0.6 is 0 Å². The molecule has 2 heterocycles. The van der Waals surface area contributed by atoms with E-state index in [1.807, 2.05) is 0 Å². The number of nitrogens with two attached hydrogens (primary N) is 1. The Hall–Kier alpha value is -1.85. The number of aryl methyl sites for hydroxylation is 1. The molecule has 1 aromatic heterocycles. The van der Waals surface area contributed by atoms with Gasteiger partial charge in [0, 0.05) is 18.7 Å². The lowest BCUT2D eigenvalue weighted by molar-refractivity contribution is 0.339. The Morgan fingerprint density at radius 2 is 1.90 bits per heavy atom. The summed E-state index contributed by atoms with van der Waals surface area (Å²) in [6, 6.07) is 0. The number of likely N-dealkylation sites (tertiary alicyclic amines) is 1. The van der Waals surface area contributed by atoms with Crippen molar-refractivity contribution in [1.82, 2.24) is 14.9 Å². The van der Waals surface area contributed by atoms with Gasteiger partial charge in [-0.25, -0.2) is 4.98 Å². The number of hydrogen-bond acceptors (Lipinski definition) is 3. The van der Waals surface area contributed by atoms with Crippen LogP contribution in [-0.2, 0) is 12.8 Å². The lowest BCUT2D eigenvalue weighted by Crippen LogP contribution is -2.40. The number of guanidine groups is 1. The molecule has 1 aliphatic carbocycles. The highest BCUT2D eigenvalue weighted by molar-refractivity contribution is 5.80. The lowest BCUT2D eigenvalue weighted by Gasteiger charge is -2.27. The molecule has 0 unspecified atom stereocenters. The summed E-state index contributed by atoms with van der Waals surface area (Å²) < 4.78 is 0. The predicted octanol–water partition coefficient (Wildman–Crippen LogP) is 1.08. The number of aliphatic imine (C=N–C) groups is 1. The third kappa shape index (κ3) is 2.69. The van der Waals surface area contributed by atoms with Gasteiger partial charge >= 0.3 is 0 Å². The summed E-state index contributed by atoms with van der Waals surface area (Å²) >= 11 is 0. The maximum absolute atomic E-state index is 12.0. The summed E-state index contributed by atoms with van der Waals surface area (Å²) in [6.45, 7) is 1.87. The van der Waals surface area contributed by atoms with Gasteiger partial charge in [-0.15, -0.1) is 0 Å². The van der Waals surface area contributed by atoms with E-state index >= 15 is 0 Å². The van der Waals surface area contributed by atoms with Crippen molar-refractivity contribution in [2.45, 2.75) is 44.9 Å². The van der Waals surface area contributed by atoms with Crippen LogP contribution in [0.5, 0.6) is 0 Å². The fourth-order valence-corrected chi connectivity index (χ4v) is 2.95. The van der Waals surface area contributed by atoms with E-state index in [2.05, 4.69) is 19.9 Å². The van der Waals surface area contributed by atoms with Gasteiger partial charge in [-0.3, -0.25) is 9.78 Å². The van der Waals surface area contributed by atoms with Crippen molar-refractivity contribution < 1.29 is 0 Å². The molecule has 6 nitrogen and oxygen atoms in total. The van der Waals surface area contributed by atoms with Crippen LogP contribution in [0.1, 0.15) is 43.4 Å². The van der Waals surface area contributed by atoms with Crippen LogP contribution in [0.4, 0.5) is 5.95 Å². The quantitative estimate of drug-likeness (QED) is 0.593. The van der Waals surface area contributed by atoms with Crippen molar-refractivity contribution >= 4 is 11.9 Å². The van der Waals surface area contributed by atoms with Gasteiger partial charge < -0.3 is 10.6 Å². The van der Waals surface area contributed by atoms with Crippen molar-refractivity contribution in [3.63, 3.8) is 0 Å². The minimum Gasteiger partial charge on any atom is -0.369 e. The summed E-state index contributed by atoms with van der Waals surface area (Å²) in [6.07, 6.45) is 7.38. The van der Waals surface area contributed by atoms with Crippen molar-refractivity contribution in [2.75, 3.05) is 13.1 Å². The number of H-pyrrole nitrogens is 1. The third-order valence-corrected chi connectivity index (χ3v) is 4.08. The molecule has 3 rings (SSSR count). The van der Waals surface area contributed by atoms with E-state index in [4.69, 9.17) is 5.73 Å². The first-order chi connectivity index (χ1) is 9.74. The number of aromatic nitrogens is 2. The summed E-state index contributed by atoms with van der Waals surface area (Å²) in [5.41, 5.74) is 7.68. The second kappa shape index (κ2) is 5.64. The molecule has 3 N–H and O–H groups in total. The Labute approximate surface area is 118 Å². The minimum atomic E-state index is -0.0557. The molecule has 0 radical (unpaired) electrons. The Morgan fingerprint density at radius 1 is 1.15 bits per heavy atom. The van der Waals surface area contributed by atoms with Gasteiger partial charge in [-0.1, -0.05) is 0 Å². The fraction of sp³-hybridized carbons (Fsp3) is 0.643. The molecule has 1 saturated heterocycles. The zero-order valence-electron chi connectivity index (χ0n) is 11.7. The van der Waals surface area contributed by atoms with Crippen molar-refractivity contribution in [2.24, 2.45) is 10.7 Å². The lowest BCUT2D eigenvalue weighted by atomic mass is 9.97. The van der Waals surface area contributed by atoms with Crippen molar-refractivity contribution in [3.8, 4) is 0 Å². The zero-order chi connectivity index (χ0) is 13.9. The highest BCUT2D eigenvalue weighted by Crippen LogP contribution is 2.17. The first kappa shape index (κ1) is 13.1. The van der Waals surface area contributed by atoms with Crippen molar-refractivity contribution in [1.29, 1.82) is 0 Å². The average molecular weight is 275 g/mol. The molecule has 2 aliphatic rings. The van der Waals surface area contributed by atoms with Crippen LogP contribution in [0.3, 0.4) is 0 Å². The van der Waals surface area contributed by atoms with E-state index in [1.165, 1.54) is 6.42 Å². The topological polar surface area (TPSA) is 87.4 Å². The SMILES string of the molecule is NC(=Nc1nc2c(c(=O)[nH]1)CCCC2)N1CCCCC1. The molecule has 1 aromatic rings. The molecular formula is C14H21N5O. The van der Waals surface area contributed by atoms with E-state index in [0.29, 0.717) is 11.9 Å². The van der Waals surface area contributed by atoms with E-state index in [1.54, 1.807) is 0 Å². The standard InChI is InChI=1S/C14H21N5O/c15-13(19-8-4-1-5-9-19)18-14-16-11-7-3-2-6-10(11)12(20)17-14/h1-9H2,(H3,15,16,17,18,20). The normalized spacial score (nSPS) is 19.8. The highest BCUT2D eigenvalue weighted by Gasteiger charge is 2.16. The molecule has 6 heteroatoms. The van der Waals surface area contributed by atoms with Gasteiger partial charge in [0.15, 0.2) is 5.96 Å². The maximum atomic E-state index is 12.0. The molecular weight excluding hydrogens is 254 g/mol. The van der Waals surface area contributed by atoms with Crippen LogP contribution < -0.4 is 11.3 Å². The van der Waals surface area contributed by atoms with Crippen LogP contribution in [0.25, 0.3) is 0 Å². The second-order valence-corrected chi connectivity index (χ2v) is 5.54. The monoisotopic (exact) mass is 275 g/mol. The average Bonchev–Trinajstić information content (AvgIpc) is 2.48. The van der Waals surface area contributed by atoms with Crippen LogP contribution in [0, 0.1) is 0 Å². The Kier molecular flexibility index (Phi) is 3.71. The molecule has 0 spiro atoms. The first-order valence-corrected chi connectivity index (χ1v) is 7.45. The molecule has 1 aliphatic heterocycles. The summed E-state index contributed by atoms with van der Waals surface area (Å²) in [5, 5.41) is 0. The Morgan fingerprint density at radius 3 is 2.70 bits per heavy atom. The van der Waals surface area contributed by atoms with Gasteiger partial charge in [-0.2, -0.15) is 4.99 Å².